The number of aromatic amines is 2. The van der Waals surface area contributed by atoms with Crippen molar-refractivity contribution in [3.8, 4) is 11.1 Å². The van der Waals surface area contributed by atoms with Gasteiger partial charge >= 0.3 is 5.97 Å². The summed E-state index contributed by atoms with van der Waals surface area (Å²) >= 11 is 0. The van der Waals surface area contributed by atoms with Gasteiger partial charge < -0.3 is 14.5 Å². The normalized spacial score (nSPS) is 11.8. The van der Waals surface area contributed by atoms with E-state index in [4.69, 9.17) is 4.42 Å². The minimum absolute atomic E-state index is 0.0162. The standard InChI is InChI=1S/C22H17N3O5/c1-10(2)25-20-17(21(27)24-25)16(11-3-5-12(6-4-11)22(28)29)19-18(23-20)14-8-7-13(26)9-15(14)30-19/h3-10,23H,1-2H3,(H,24,27)(H,28,29). The molecule has 8 nitrogen and oxygen atoms in total. The van der Waals surface area contributed by atoms with Gasteiger partial charge in [-0.3, -0.25) is 19.4 Å². The number of furan rings is 1. The number of nitrogens with zero attached hydrogens (tertiary/aromatic N) is 1. The Balaban J connectivity index is 1.98. The summed E-state index contributed by atoms with van der Waals surface area (Å²) in [6.07, 6.45) is 0. The zero-order valence-electron chi connectivity index (χ0n) is 16.1. The van der Waals surface area contributed by atoms with Gasteiger partial charge in [-0.2, -0.15) is 0 Å². The number of carbonyl (C=O) groups is 1. The SMILES string of the molecule is CC(C)n1[nH]c(=O)c2c(-c3ccc(C(=O)O)cc3)c3oc4cc(=O)ccc4c3[nH]c21. The summed E-state index contributed by atoms with van der Waals surface area (Å²) in [4.78, 5) is 39.3. The number of nitrogens with one attached hydrogen (secondary N) is 2. The lowest BCUT2D eigenvalue weighted by atomic mass is 10.0. The fourth-order valence-corrected chi connectivity index (χ4v) is 3.86. The minimum Gasteiger partial charge on any atom is -0.478 e. The fraction of sp³-hybridized carbons (Fsp3) is 0.136. The van der Waals surface area contributed by atoms with Crippen molar-refractivity contribution in [2.45, 2.75) is 19.9 Å². The van der Waals surface area contributed by atoms with E-state index < -0.39 is 5.97 Å². The molecule has 0 atom stereocenters. The zero-order chi connectivity index (χ0) is 21.2. The van der Waals surface area contributed by atoms with Gasteiger partial charge in [0.2, 0.25) is 0 Å². The quantitative estimate of drug-likeness (QED) is 0.422. The molecule has 0 saturated heterocycles. The van der Waals surface area contributed by atoms with E-state index in [0.29, 0.717) is 38.8 Å². The first-order chi connectivity index (χ1) is 14.3. The molecule has 0 spiro atoms. The number of aromatic carboxylic acids is 1. The average molecular weight is 403 g/mol. The molecule has 2 aromatic carbocycles. The van der Waals surface area contributed by atoms with E-state index in [9.17, 15) is 19.5 Å². The van der Waals surface area contributed by atoms with Gasteiger partial charge in [-0.1, -0.05) is 12.1 Å². The fourth-order valence-electron chi connectivity index (χ4n) is 3.86. The molecular formula is C22H17N3O5. The lowest BCUT2D eigenvalue weighted by molar-refractivity contribution is 0.0697. The number of benzene rings is 2. The molecule has 0 amide bonds. The van der Waals surface area contributed by atoms with Crippen molar-refractivity contribution in [1.82, 2.24) is 14.8 Å². The van der Waals surface area contributed by atoms with E-state index in [-0.39, 0.29) is 22.6 Å². The summed E-state index contributed by atoms with van der Waals surface area (Å²) in [6.45, 7) is 3.90. The minimum atomic E-state index is -1.03. The van der Waals surface area contributed by atoms with Crippen molar-refractivity contribution in [2.75, 3.05) is 0 Å². The first-order valence-electron chi connectivity index (χ1n) is 9.41. The van der Waals surface area contributed by atoms with Crippen LogP contribution in [0.4, 0.5) is 0 Å². The highest BCUT2D eigenvalue weighted by Gasteiger charge is 2.22. The van der Waals surface area contributed by atoms with Crippen LogP contribution in [-0.2, 0) is 0 Å². The molecule has 30 heavy (non-hydrogen) atoms. The highest BCUT2D eigenvalue weighted by atomic mass is 16.4. The van der Waals surface area contributed by atoms with Crippen molar-refractivity contribution < 1.29 is 14.3 Å². The van der Waals surface area contributed by atoms with Crippen LogP contribution in [0.5, 0.6) is 0 Å². The van der Waals surface area contributed by atoms with Crippen LogP contribution in [0.2, 0.25) is 0 Å². The maximum absolute atomic E-state index is 12.9. The molecule has 3 N–H and O–H groups in total. The van der Waals surface area contributed by atoms with Crippen LogP contribution in [-0.4, -0.2) is 25.8 Å². The van der Waals surface area contributed by atoms with Gasteiger partial charge in [0, 0.05) is 23.1 Å². The van der Waals surface area contributed by atoms with Crippen molar-refractivity contribution in [3.63, 3.8) is 0 Å². The third kappa shape index (κ3) is 2.50. The van der Waals surface area contributed by atoms with Gasteiger partial charge in [-0.05, 0) is 43.7 Å². The van der Waals surface area contributed by atoms with Gasteiger partial charge in [-0.15, -0.1) is 0 Å². The Kier molecular flexibility index (Phi) is 3.73. The second-order valence-corrected chi connectivity index (χ2v) is 7.47. The van der Waals surface area contributed by atoms with E-state index in [0.717, 1.165) is 5.39 Å². The third-order valence-corrected chi connectivity index (χ3v) is 5.25. The van der Waals surface area contributed by atoms with Crippen molar-refractivity contribution >= 4 is 39.1 Å². The van der Waals surface area contributed by atoms with Crippen LogP contribution in [0.3, 0.4) is 0 Å². The summed E-state index contributed by atoms with van der Waals surface area (Å²) in [6, 6.07) is 10.8. The molecule has 0 radical (unpaired) electrons. The molecule has 0 fully saturated rings. The van der Waals surface area contributed by atoms with Crippen LogP contribution >= 0.6 is 0 Å². The number of carboxylic acids is 1. The molecule has 0 aliphatic carbocycles. The van der Waals surface area contributed by atoms with Crippen LogP contribution in [0.15, 0.2) is 56.5 Å². The Morgan fingerprint density at radius 2 is 1.83 bits per heavy atom. The van der Waals surface area contributed by atoms with Crippen LogP contribution in [0.25, 0.3) is 44.2 Å². The van der Waals surface area contributed by atoms with E-state index >= 15 is 0 Å². The van der Waals surface area contributed by atoms with Crippen molar-refractivity contribution in [1.29, 1.82) is 0 Å². The number of pyridine rings is 1. The monoisotopic (exact) mass is 403 g/mol. The van der Waals surface area contributed by atoms with E-state index in [1.54, 1.807) is 22.9 Å². The predicted octanol–water partition coefficient (Wildman–Crippen LogP) is 3.86. The zero-order valence-corrected chi connectivity index (χ0v) is 16.1. The molecule has 0 aliphatic rings. The Labute approximate surface area is 168 Å². The molecular weight excluding hydrogens is 386 g/mol. The van der Waals surface area contributed by atoms with Gasteiger partial charge in [-0.25, -0.2) is 4.79 Å². The molecule has 3 heterocycles. The Morgan fingerprint density at radius 1 is 1.10 bits per heavy atom. The van der Waals surface area contributed by atoms with E-state index in [1.807, 2.05) is 13.8 Å². The smallest absolute Gasteiger partial charge is 0.335 e. The number of H-pyrrole nitrogens is 2. The molecule has 0 saturated carbocycles. The number of hydrogen-bond acceptors (Lipinski definition) is 4. The molecule has 0 bridgehead atoms. The molecule has 5 rings (SSSR count). The summed E-state index contributed by atoms with van der Waals surface area (Å²) in [5.41, 5.74) is 2.94. The van der Waals surface area contributed by atoms with Gasteiger partial charge in [0.15, 0.2) is 11.0 Å². The first kappa shape index (κ1) is 18.0. The number of rotatable bonds is 3. The second kappa shape index (κ2) is 6.21. The topological polar surface area (TPSA) is 121 Å². The maximum atomic E-state index is 12.9. The third-order valence-electron chi connectivity index (χ3n) is 5.25. The number of carboxylic acid groups (broad SMARTS) is 1. The number of aromatic nitrogens is 3. The van der Waals surface area contributed by atoms with Crippen LogP contribution in [0.1, 0.15) is 30.2 Å². The summed E-state index contributed by atoms with van der Waals surface area (Å²) in [5, 5.41) is 13.2. The summed E-state index contributed by atoms with van der Waals surface area (Å²) in [5.74, 6) is -1.03. The number of hydrogen-bond donors (Lipinski definition) is 3. The van der Waals surface area contributed by atoms with Crippen LogP contribution in [0, 0.1) is 0 Å². The van der Waals surface area contributed by atoms with Crippen molar-refractivity contribution in [3.05, 3.63) is 68.6 Å². The Morgan fingerprint density at radius 3 is 2.50 bits per heavy atom. The Hall–Kier alpha value is -4.07. The summed E-state index contributed by atoms with van der Waals surface area (Å²) < 4.78 is 7.76. The molecule has 5 aromatic rings. The predicted molar refractivity (Wildman–Crippen MR) is 113 cm³/mol. The van der Waals surface area contributed by atoms with Gasteiger partial charge in [0.25, 0.3) is 5.56 Å². The van der Waals surface area contributed by atoms with Gasteiger partial charge in [0.05, 0.1) is 16.5 Å². The maximum Gasteiger partial charge on any atom is 0.335 e. The second-order valence-electron chi connectivity index (χ2n) is 7.47. The molecule has 8 heteroatoms. The van der Waals surface area contributed by atoms with Crippen molar-refractivity contribution in [2.24, 2.45) is 0 Å². The Bertz CT molecular complexity index is 1580. The highest BCUT2D eigenvalue weighted by molar-refractivity contribution is 6.14. The molecule has 3 aromatic heterocycles. The average Bonchev–Trinajstić information content (AvgIpc) is 3.23. The lowest BCUT2D eigenvalue weighted by Gasteiger charge is -2.10. The van der Waals surface area contributed by atoms with E-state index in [1.165, 1.54) is 24.3 Å². The molecule has 150 valence electrons. The number of fused-ring (bicyclic) bond motifs is 4. The molecule has 0 unspecified atom stereocenters. The highest BCUT2D eigenvalue weighted by Crippen LogP contribution is 2.38. The van der Waals surface area contributed by atoms with E-state index in [2.05, 4.69) is 10.1 Å². The first-order valence-corrected chi connectivity index (χ1v) is 9.41. The lowest BCUT2D eigenvalue weighted by Crippen LogP contribution is -2.07. The largest absolute Gasteiger partial charge is 0.478 e. The summed E-state index contributed by atoms with van der Waals surface area (Å²) in [7, 11) is 0. The molecule has 0 aliphatic heterocycles. The van der Waals surface area contributed by atoms with Crippen LogP contribution < -0.4 is 11.0 Å². The van der Waals surface area contributed by atoms with Gasteiger partial charge in [0.1, 0.15) is 11.2 Å².